The van der Waals surface area contributed by atoms with Gasteiger partial charge in [-0.05, 0) is 35.9 Å². The lowest BCUT2D eigenvalue weighted by atomic mass is 10.1. The van der Waals surface area contributed by atoms with Crippen molar-refractivity contribution < 1.29 is 13.9 Å². The van der Waals surface area contributed by atoms with Gasteiger partial charge in [-0.25, -0.2) is 4.79 Å². The Kier molecular flexibility index (Phi) is 4.89. The third-order valence-corrected chi connectivity index (χ3v) is 4.05. The Balaban J connectivity index is 1.90. The molecule has 0 aliphatic heterocycles. The second-order valence-corrected chi connectivity index (χ2v) is 6.01. The molecule has 26 heavy (non-hydrogen) atoms. The number of ketones is 1. The standard InChI is InChI=1S/C21H19NO4/c1-22(2)16-10-7-14(8-11-16)9-12-18(23)17-13-15-5-4-6-19(25-3)20(15)26-21(17)24/h4-13H,1-3H3/b12-9+. The molecule has 1 aromatic heterocycles. The monoisotopic (exact) mass is 349 g/mol. The number of carbonyl (C=O) groups excluding carboxylic acids is 1. The molecular formula is C21H19NO4. The van der Waals surface area contributed by atoms with Gasteiger partial charge in [0, 0.05) is 25.2 Å². The van der Waals surface area contributed by atoms with E-state index in [1.54, 1.807) is 24.3 Å². The third-order valence-electron chi connectivity index (χ3n) is 4.05. The summed E-state index contributed by atoms with van der Waals surface area (Å²) in [6.45, 7) is 0. The molecule has 0 radical (unpaired) electrons. The number of fused-ring (bicyclic) bond motifs is 1. The highest BCUT2D eigenvalue weighted by molar-refractivity contribution is 6.08. The van der Waals surface area contributed by atoms with Crippen molar-refractivity contribution in [2.45, 2.75) is 0 Å². The van der Waals surface area contributed by atoms with Crippen molar-refractivity contribution in [1.82, 2.24) is 0 Å². The van der Waals surface area contributed by atoms with Gasteiger partial charge in [0.25, 0.3) is 0 Å². The third kappa shape index (κ3) is 3.52. The lowest BCUT2D eigenvalue weighted by molar-refractivity contribution is 0.104. The van der Waals surface area contributed by atoms with E-state index in [0.717, 1.165) is 11.3 Å². The zero-order chi connectivity index (χ0) is 18.7. The minimum atomic E-state index is -0.681. The van der Waals surface area contributed by atoms with Crippen molar-refractivity contribution in [3.05, 3.63) is 76.2 Å². The van der Waals surface area contributed by atoms with Crippen LogP contribution in [0.15, 0.2) is 63.8 Å². The number of hydrogen-bond acceptors (Lipinski definition) is 5. The first-order valence-corrected chi connectivity index (χ1v) is 8.10. The first kappa shape index (κ1) is 17.5. The van der Waals surface area contributed by atoms with E-state index in [2.05, 4.69) is 0 Å². The van der Waals surface area contributed by atoms with Crippen LogP contribution in [0.25, 0.3) is 17.0 Å². The molecule has 0 saturated carbocycles. The summed E-state index contributed by atoms with van der Waals surface area (Å²) < 4.78 is 10.5. The van der Waals surface area contributed by atoms with Crippen molar-refractivity contribution in [1.29, 1.82) is 0 Å². The van der Waals surface area contributed by atoms with E-state index in [9.17, 15) is 9.59 Å². The molecule has 0 unspecified atom stereocenters. The van der Waals surface area contributed by atoms with E-state index in [0.29, 0.717) is 16.7 Å². The van der Waals surface area contributed by atoms with Crippen LogP contribution in [0.1, 0.15) is 15.9 Å². The molecule has 3 rings (SSSR count). The van der Waals surface area contributed by atoms with E-state index < -0.39 is 11.4 Å². The van der Waals surface area contributed by atoms with Crippen molar-refractivity contribution in [2.24, 2.45) is 0 Å². The van der Waals surface area contributed by atoms with Gasteiger partial charge in [-0.3, -0.25) is 4.79 Å². The summed E-state index contributed by atoms with van der Waals surface area (Å²) >= 11 is 0. The summed E-state index contributed by atoms with van der Waals surface area (Å²) in [7, 11) is 5.42. The SMILES string of the molecule is COc1cccc2cc(C(=O)/C=C/c3ccc(N(C)C)cc3)c(=O)oc12. The van der Waals surface area contributed by atoms with E-state index in [1.165, 1.54) is 19.3 Å². The van der Waals surface area contributed by atoms with Crippen LogP contribution < -0.4 is 15.3 Å². The van der Waals surface area contributed by atoms with E-state index >= 15 is 0 Å². The molecule has 0 aliphatic rings. The molecule has 0 amide bonds. The summed E-state index contributed by atoms with van der Waals surface area (Å²) in [6, 6.07) is 14.5. The molecule has 0 N–H and O–H groups in total. The van der Waals surface area contributed by atoms with Gasteiger partial charge in [0.05, 0.1) is 7.11 Å². The van der Waals surface area contributed by atoms with Crippen molar-refractivity contribution >= 4 is 28.5 Å². The number of anilines is 1. The molecule has 0 fully saturated rings. The molecule has 1 heterocycles. The molecule has 0 atom stereocenters. The zero-order valence-electron chi connectivity index (χ0n) is 14.9. The maximum absolute atomic E-state index is 12.4. The molecule has 0 aliphatic carbocycles. The fourth-order valence-corrected chi connectivity index (χ4v) is 2.60. The Hall–Kier alpha value is -3.34. The van der Waals surface area contributed by atoms with E-state index in [1.807, 2.05) is 43.3 Å². The van der Waals surface area contributed by atoms with E-state index in [-0.39, 0.29) is 5.56 Å². The number of benzene rings is 2. The molecule has 5 nitrogen and oxygen atoms in total. The molecule has 132 valence electrons. The Morgan fingerprint density at radius 2 is 1.85 bits per heavy atom. The normalized spacial score (nSPS) is 11.0. The maximum atomic E-state index is 12.4. The quantitative estimate of drug-likeness (QED) is 0.399. The smallest absolute Gasteiger partial charge is 0.347 e. The number of rotatable bonds is 5. The Labute approximate surface area is 151 Å². The number of allylic oxidation sites excluding steroid dienone is 1. The second-order valence-electron chi connectivity index (χ2n) is 6.01. The summed E-state index contributed by atoms with van der Waals surface area (Å²) in [5.41, 5.74) is 1.58. The van der Waals surface area contributed by atoms with Crippen molar-refractivity contribution in [3.8, 4) is 5.75 Å². The highest BCUT2D eigenvalue weighted by atomic mass is 16.5. The van der Waals surface area contributed by atoms with Gasteiger partial charge >= 0.3 is 5.63 Å². The number of carbonyl (C=O) groups is 1. The van der Waals surface area contributed by atoms with Crippen LogP contribution in [0.3, 0.4) is 0 Å². The molecule has 0 saturated heterocycles. The molecule has 3 aromatic rings. The van der Waals surface area contributed by atoms with Crippen LogP contribution in [0, 0.1) is 0 Å². The molecular weight excluding hydrogens is 330 g/mol. The lowest BCUT2D eigenvalue weighted by Gasteiger charge is -2.11. The van der Waals surface area contributed by atoms with Gasteiger partial charge in [-0.2, -0.15) is 0 Å². The minimum absolute atomic E-state index is 0.00749. The molecule has 5 heteroatoms. The molecule has 0 spiro atoms. The number of para-hydroxylation sites is 1. The summed E-state index contributed by atoms with van der Waals surface area (Å²) in [5.74, 6) is 0.0512. The van der Waals surface area contributed by atoms with Gasteiger partial charge in [-0.1, -0.05) is 30.3 Å². The molecule has 2 aromatic carbocycles. The minimum Gasteiger partial charge on any atom is -0.493 e. The number of hydrogen-bond donors (Lipinski definition) is 0. The van der Waals surface area contributed by atoms with Crippen LogP contribution in [0.4, 0.5) is 5.69 Å². The molecule has 0 bridgehead atoms. The average Bonchev–Trinajstić information content (AvgIpc) is 2.65. The predicted molar refractivity (Wildman–Crippen MR) is 103 cm³/mol. The van der Waals surface area contributed by atoms with Crippen molar-refractivity contribution in [2.75, 3.05) is 26.1 Å². The average molecular weight is 349 g/mol. The topological polar surface area (TPSA) is 59.8 Å². The first-order valence-electron chi connectivity index (χ1n) is 8.10. The zero-order valence-corrected chi connectivity index (χ0v) is 14.9. The predicted octanol–water partition coefficient (Wildman–Crippen LogP) is 3.76. The van der Waals surface area contributed by atoms with Gasteiger partial charge in [-0.15, -0.1) is 0 Å². The number of nitrogens with zero attached hydrogens (tertiary/aromatic N) is 1. The fourth-order valence-electron chi connectivity index (χ4n) is 2.60. The summed E-state index contributed by atoms with van der Waals surface area (Å²) in [4.78, 5) is 26.6. The van der Waals surface area contributed by atoms with Gasteiger partial charge < -0.3 is 14.1 Å². The lowest BCUT2D eigenvalue weighted by Crippen LogP contribution is -2.12. The Bertz CT molecular complexity index is 1030. The summed E-state index contributed by atoms with van der Waals surface area (Å²) in [6.07, 6.45) is 3.06. The second kappa shape index (κ2) is 7.27. The Morgan fingerprint density at radius 1 is 1.12 bits per heavy atom. The van der Waals surface area contributed by atoms with Gasteiger partial charge in [0.1, 0.15) is 5.56 Å². The van der Waals surface area contributed by atoms with Crippen LogP contribution in [-0.2, 0) is 0 Å². The highest BCUT2D eigenvalue weighted by Gasteiger charge is 2.13. The Morgan fingerprint density at radius 3 is 2.50 bits per heavy atom. The summed E-state index contributed by atoms with van der Waals surface area (Å²) in [5, 5.41) is 0.635. The van der Waals surface area contributed by atoms with E-state index in [4.69, 9.17) is 9.15 Å². The van der Waals surface area contributed by atoms with Gasteiger partial charge in [0.15, 0.2) is 17.1 Å². The van der Waals surface area contributed by atoms with Crippen LogP contribution >= 0.6 is 0 Å². The number of methoxy groups -OCH3 is 1. The first-order chi connectivity index (χ1) is 12.5. The number of ether oxygens (including phenoxy) is 1. The van der Waals surface area contributed by atoms with Gasteiger partial charge in [0.2, 0.25) is 0 Å². The highest BCUT2D eigenvalue weighted by Crippen LogP contribution is 2.24. The van der Waals surface area contributed by atoms with Crippen molar-refractivity contribution in [3.63, 3.8) is 0 Å². The fraction of sp³-hybridized carbons (Fsp3) is 0.143. The largest absolute Gasteiger partial charge is 0.493 e. The van der Waals surface area contributed by atoms with Crippen LogP contribution in [0.5, 0.6) is 5.75 Å². The van der Waals surface area contributed by atoms with Crippen LogP contribution in [0.2, 0.25) is 0 Å². The van der Waals surface area contributed by atoms with Crippen LogP contribution in [-0.4, -0.2) is 27.0 Å². The maximum Gasteiger partial charge on any atom is 0.347 e.